The molecule has 1 aromatic rings. The summed E-state index contributed by atoms with van der Waals surface area (Å²) in [6.45, 7) is -6.41. The van der Waals surface area contributed by atoms with Crippen molar-refractivity contribution in [2.75, 3.05) is 6.56 Å². The number of hydrogen-bond acceptors (Lipinski definition) is 3. The van der Waals surface area contributed by atoms with Gasteiger partial charge in [0.1, 0.15) is 5.75 Å². The van der Waals surface area contributed by atoms with Crippen molar-refractivity contribution in [2.24, 2.45) is 0 Å². The smallest absolute Gasteiger partial charge is 0.489 e. The van der Waals surface area contributed by atoms with Crippen LogP contribution in [0.4, 0.5) is 13.2 Å². The predicted octanol–water partition coefficient (Wildman–Crippen LogP) is 0.784. The molecule has 0 aliphatic heterocycles. The van der Waals surface area contributed by atoms with E-state index in [0.29, 0.717) is 12.1 Å². The van der Waals surface area contributed by atoms with E-state index in [1.807, 2.05) is 0 Å². The van der Waals surface area contributed by atoms with Gasteiger partial charge in [-0.3, -0.25) is 0 Å². The lowest BCUT2D eigenvalue weighted by Gasteiger charge is -2.14. The zero-order chi connectivity index (χ0) is 16.6. The van der Waals surface area contributed by atoms with E-state index in [4.69, 9.17) is 16.9 Å². The summed E-state index contributed by atoms with van der Waals surface area (Å²) in [5, 5.41) is 17.7. The summed E-state index contributed by atoms with van der Waals surface area (Å²) in [6.07, 6.45) is -4.95. The Balaban J connectivity index is 3.24. The third-order valence-electron chi connectivity index (χ3n) is 1.78. The van der Waals surface area contributed by atoms with Gasteiger partial charge in [0, 0.05) is 4.11 Å². The van der Waals surface area contributed by atoms with Crippen molar-refractivity contribution in [3.8, 4) is 5.75 Å². The molecule has 0 fully saturated rings. The van der Waals surface area contributed by atoms with E-state index < -0.39 is 43.5 Å². The van der Waals surface area contributed by atoms with Gasteiger partial charge in [-0.25, -0.2) is 0 Å². The highest BCUT2D eigenvalue weighted by molar-refractivity contribution is 6.59. The van der Waals surface area contributed by atoms with E-state index in [-0.39, 0.29) is 0 Å². The van der Waals surface area contributed by atoms with Gasteiger partial charge in [-0.15, -0.1) is 0 Å². The van der Waals surface area contributed by atoms with Crippen LogP contribution in [0.1, 0.15) is 19.3 Å². The number of hydrogen-bond donors (Lipinski definition) is 2. The topological polar surface area (TPSA) is 49.7 Å². The fraction of sp³-hybridized carbons (Fsp3) is 0.333. The molecule has 0 spiro atoms. The van der Waals surface area contributed by atoms with Crippen LogP contribution in [0.2, 0.25) is 0 Å². The van der Waals surface area contributed by atoms with Crippen LogP contribution >= 0.6 is 0 Å². The van der Waals surface area contributed by atoms with Crippen LogP contribution in [-0.2, 0) is 6.18 Å². The average molecular weight is 239 g/mol. The van der Waals surface area contributed by atoms with E-state index in [1.165, 1.54) is 0 Å². The molecule has 0 heterocycles. The predicted molar refractivity (Wildman–Crippen MR) is 52.4 cm³/mol. The molecule has 0 amide bonds. The Bertz CT molecular complexity index is 518. The van der Waals surface area contributed by atoms with Crippen molar-refractivity contribution in [3.63, 3.8) is 0 Å². The normalized spacial score (nSPS) is 17.7. The van der Waals surface area contributed by atoms with Gasteiger partial charge in [-0.1, -0.05) is 6.07 Å². The van der Waals surface area contributed by atoms with Gasteiger partial charge in [-0.05, 0) is 24.4 Å². The maximum atomic E-state index is 12.8. The maximum absolute atomic E-state index is 12.8. The molecule has 88 valence electrons. The molecule has 0 unspecified atom stereocenters. The largest absolute Gasteiger partial charge is 0.494 e. The van der Waals surface area contributed by atoms with Crippen LogP contribution in [0, 0.1) is 0 Å². The number of benzene rings is 1. The second-order valence-corrected chi connectivity index (χ2v) is 2.82. The average Bonchev–Trinajstić information content (AvgIpc) is 2.25. The molecule has 0 aliphatic carbocycles. The summed E-state index contributed by atoms with van der Waals surface area (Å²) < 4.78 is 77.8. The molecule has 2 N–H and O–H groups in total. The minimum Gasteiger partial charge on any atom is -0.494 e. The highest BCUT2D eigenvalue weighted by Gasteiger charge is 2.36. The summed E-state index contributed by atoms with van der Waals surface area (Å²) in [4.78, 5) is 0. The van der Waals surface area contributed by atoms with Crippen molar-refractivity contribution in [1.29, 1.82) is 0 Å². The first-order valence-corrected chi connectivity index (χ1v) is 4.02. The Kier molecular flexibility index (Phi) is 2.14. The quantitative estimate of drug-likeness (QED) is 0.766. The van der Waals surface area contributed by atoms with Crippen LogP contribution in [0.3, 0.4) is 0 Å². The first kappa shape index (κ1) is 7.19. The second-order valence-electron chi connectivity index (χ2n) is 2.82. The number of rotatable bonds is 3. The Morgan fingerprint density at radius 1 is 1.50 bits per heavy atom. The summed E-state index contributed by atoms with van der Waals surface area (Å²) >= 11 is 0. The first-order valence-electron chi connectivity index (χ1n) is 6.52. The summed E-state index contributed by atoms with van der Waals surface area (Å²) in [5.74, 6) is -0.701. The van der Waals surface area contributed by atoms with Crippen LogP contribution < -0.4 is 10.2 Å². The van der Waals surface area contributed by atoms with E-state index in [0.717, 1.165) is 6.07 Å². The molecular formula is C9H10BF3O3. The molecule has 16 heavy (non-hydrogen) atoms. The van der Waals surface area contributed by atoms with E-state index in [1.54, 1.807) is 0 Å². The lowest BCUT2D eigenvalue weighted by molar-refractivity contribution is -0.137. The molecule has 1 aromatic carbocycles. The zero-order valence-electron chi connectivity index (χ0n) is 12.7. The molecule has 0 atom stereocenters. The van der Waals surface area contributed by atoms with Gasteiger partial charge >= 0.3 is 13.3 Å². The Labute approximate surface area is 97.6 Å². The van der Waals surface area contributed by atoms with Crippen LogP contribution in [0.25, 0.3) is 0 Å². The van der Waals surface area contributed by atoms with Crippen LogP contribution in [-0.4, -0.2) is 23.7 Å². The molecule has 7 heteroatoms. The van der Waals surface area contributed by atoms with Gasteiger partial charge in [-0.2, -0.15) is 13.2 Å². The number of ether oxygens (including phenoxy) is 1. The minimum absolute atomic E-state index is 0.304. The molecule has 0 radical (unpaired) electrons. The lowest BCUT2D eigenvalue weighted by Crippen LogP contribution is -2.36. The SMILES string of the molecule is [2H]C([2H])([2H])C([2H])([2H])Oc1ccc(B(O)O)c(C(F)(F)F)c1. The van der Waals surface area contributed by atoms with Crippen molar-refractivity contribution >= 4 is 12.6 Å². The maximum Gasteiger partial charge on any atom is 0.489 e. The van der Waals surface area contributed by atoms with Gasteiger partial charge in [0.2, 0.25) is 0 Å². The van der Waals surface area contributed by atoms with Crippen molar-refractivity contribution < 1.29 is 34.8 Å². The summed E-state index contributed by atoms with van der Waals surface area (Å²) in [5.41, 5.74) is -2.32. The number of halogens is 3. The minimum atomic E-state index is -4.95. The van der Waals surface area contributed by atoms with Crippen molar-refractivity contribution in [1.82, 2.24) is 0 Å². The summed E-state index contributed by atoms with van der Waals surface area (Å²) in [7, 11) is -2.39. The van der Waals surface area contributed by atoms with Crippen LogP contribution in [0.15, 0.2) is 18.2 Å². The molecule has 0 saturated heterocycles. The lowest BCUT2D eigenvalue weighted by atomic mass is 9.77. The van der Waals surface area contributed by atoms with E-state index in [2.05, 4.69) is 4.74 Å². The van der Waals surface area contributed by atoms with E-state index >= 15 is 0 Å². The fourth-order valence-electron chi connectivity index (χ4n) is 1.13. The third-order valence-corrected chi connectivity index (χ3v) is 1.78. The third kappa shape index (κ3) is 2.90. The fourth-order valence-corrected chi connectivity index (χ4v) is 1.13. The van der Waals surface area contributed by atoms with Gasteiger partial charge in [0.25, 0.3) is 0 Å². The Morgan fingerprint density at radius 2 is 2.19 bits per heavy atom. The van der Waals surface area contributed by atoms with Crippen molar-refractivity contribution in [3.05, 3.63) is 23.8 Å². The monoisotopic (exact) mass is 239 g/mol. The van der Waals surface area contributed by atoms with E-state index in [9.17, 15) is 13.2 Å². The van der Waals surface area contributed by atoms with Gasteiger partial charge in [0.05, 0.1) is 14.9 Å². The Hall–Kier alpha value is -1.21. The molecule has 3 nitrogen and oxygen atoms in total. The molecule has 0 saturated carbocycles. The first-order chi connectivity index (χ1) is 9.25. The molecular weight excluding hydrogens is 224 g/mol. The zero-order valence-corrected chi connectivity index (χ0v) is 7.75. The molecule has 0 bridgehead atoms. The van der Waals surface area contributed by atoms with Crippen molar-refractivity contribution in [2.45, 2.75) is 13.0 Å². The number of alkyl halides is 3. The molecule has 0 aromatic heterocycles. The Morgan fingerprint density at radius 3 is 2.69 bits per heavy atom. The highest BCUT2D eigenvalue weighted by Crippen LogP contribution is 2.30. The van der Waals surface area contributed by atoms with Gasteiger partial charge in [0.15, 0.2) is 0 Å². The molecule has 0 aliphatic rings. The van der Waals surface area contributed by atoms with Gasteiger partial charge < -0.3 is 14.8 Å². The van der Waals surface area contributed by atoms with Crippen LogP contribution in [0.5, 0.6) is 5.75 Å². The highest BCUT2D eigenvalue weighted by atomic mass is 19.4. The standard InChI is InChI=1S/C9H10BF3O3/c1-2-16-6-3-4-8(10(14)15)7(5-6)9(11,12)13/h3-5,14-15H,2H2,1H3/i1D3,2D2. The molecule has 1 rings (SSSR count). The second kappa shape index (κ2) is 4.75. The summed E-state index contributed by atoms with van der Waals surface area (Å²) in [6, 6.07) is 1.78.